The Hall–Kier alpha value is -1.33. The number of ether oxygens (including phenoxy) is 1. The van der Waals surface area contributed by atoms with Crippen LogP contribution < -0.4 is 5.73 Å². The van der Waals surface area contributed by atoms with Gasteiger partial charge in [-0.25, -0.2) is 4.79 Å². The summed E-state index contributed by atoms with van der Waals surface area (Å²) in [7, 11) is 1.36. The molecule has 0 aromatic carbocycles. The lowest BCUT2D eigenvalue weighted by atomic mass is 9.83. The molecule has 0 saturated heterocycles. The zero-order valence-electron chi connectivity index (χ0n) is 13.0. The first kappa shape index (κ1) is 16.0. The lowest BCUT2D eigenvalue weighted by Crippen LogP contribution is -2.44. The van der Waals surface area contributed by atoms with Gasteiger partial charge in [0.25, 0.3) is 0 Å². The monoisotopic (exact) mass is 294 g/mol. The number of nitrogens with two attached hydrogens (primary N) is 1. The Morgan fingerprint density at radius 2 is 2.19 bits per heavy atom. The second-order valence-electron chi connectivity index (χ2n) is 5.67. The summed E-state index contributed by atoms with van der Waals surface area (Å²) in [5.41, 5.74) is 5.93. The number of rotatable bonds is 6. The summed E-state index contributed by atoms with van der Waals surface area (Å²) in [6, 6.07) is 4.05. The van der Waals surface area contributed by atoms with E-state index in [0.29, 0.717) is 18.5 Å². The van der Waals surface area contributed by atoms with Gasteiger partial charge in [0, 0.05) is 6.04 Å². The first-order chi connectivity index (χ1) is 10.2. The Morgan fingerprint density at radius 1 is 1.43 bits per heavy atom. The molecule has 2 rings (SSSR count). The van der Waals surface area contributed by atoms with E-state index in [9.17, 15) is 4.79 Å². The van der Waals surface area contributed by atoms with Crippen LogP contribution in [0.25, 0.3) is 0 Å². The van der Waals surface area contributed by atoms with Crippen molar-refractivity contribution in [3.05, 3.63) is 23.7 Å². The van der Waals surface area contributed by atoms with Crippen LogP contribution in [-0.2, 0) is 11.3 Å². The molecule has 1 aromatic heterocycles. The quantitative estimate of drug-likeness (QED) is 0.816. The van der Waals surface area contributed by atoms with Crippen molar-refractivity contribution in [2.75, 3.05) is 20.2 Å². The first-order valence-corrected chi connectivity index (χ1v) is 7.80. The molecule has 5 heteroatoms. The van der Waals surface area contributed by atoms with Crippen molar-refractivity contribution in [2.45, 2.75) is 45.2 Å². The van der Waals surface area contributed by atoms with E-state index in [4.69, 9.17) is 10.2 Å². The Labute approximate surface area is 126 Å². The molecule has 0 spiro atoms. The van der Waals surface area contributed by atoms with E-state index in [0.717, 1.165) is 18.8 Å². The Bertz CT molecular complexity index is 458. The summed E-state index contributed by atoms with van der Waals surface area (Å²) in [4.78, 5) is 13.8. The van der Waals surface area contributed by atoms with Gasteiger partial charge >= 0.3 is 5.97 Å². The fourth-order valence-corrected chi connectivity index (χ4v) is 3.28. The van der Waals surface area contributed by atoms with E-state index < -0.39 is 5.97 Å². The number of carbonyl (C=O) groups is 1. The van der Waals surface area contributed by atoms with E-state index >= 15 is 0 Å². The SMILES string of the molecule is CCN(Cc1ccc(C(=O)OC)o1)C1CCCCC1CN. The van der Waals surface area contributed by atoms with Crippen LogP contribution in [0, 0.1) is 5.92 Å². The van der Waals surface area contributed by atoms with Crippen molar-refractivity contribution < 1.29 is 13.9 Å². The Balaban J connectivity index is 2.04. The summed E-state index contributed by atoms with van der Waals surface area (Å²) in [5.74, 6) is 1.21. The standard InChI is InChI=1S/C16H26N2O3/c1-3-18(14-7-5-4-6-12(14)10-17)11-13-8-9-15(21-13)16(19)20-2/h8-9,12,14H,3-7,10-11,17H2,1-2H3. The van der Waals surface area contributed by atoms with Gasteiger partial charge in [-0.2, -0.15) is 0 Å². The van der Waals surface area contributed by atoms with E-state index in [1.54, 1.807) is 6.07 Å². The number of methoxy groups -OCH3 is 1. The average molecular weight is 294 g/mol. The number of carbonyl (C=O) groups excluding carboxylic acids is 1. The number of nitrogens with zero attached hydrogens (tertiary/aromatic N) is 1. The maximum Gasteiger partial charge on any atom is 0.373 e. The largest absolute Gasteiger partial charge is 0.463 e. The fraction of sp³-hybridized carbons (Fsp3) is 0.688. The van der Waals surface area contributed by atoms with Crippen LogP contribution in [0.5, 0.6) is 0 Å². The zero-order valence-corrected chi connectivity index (χ0v) is 13.0. The second kappa shape index (κ2) is 7.61. The highest BCUT2D eigenvalue weighted by Gasteiger charge is 2.29. The summed E-state index contributed by atoms with van der Waals surface area (Å²) in [6.45, 7) is 4.57. The minimum Gasteiger partial charge on any atom is -0.463 e. The molecule has 1 saturated carbocycles. The minimum absolute atomic E-state index is 0.266. The highest BCUT2D eigenvalue weighted by molar-refractivity contribution is 5.86. The van der Waals surface area contributed by atoms with E-state index in [2.05, 4.69) is 16.6 Å². The molecule has 118 valence electrons. The summed E-state index contributed by atoms with van der Waals surface area (Å²) in [6.07, 6.45) is 4.95. The molecule has 2 N–H and O–H groups in total. The molecule has 1 aliphatic carbocycles. The molecule has 0 radical (unpaired) electrons. The molecule has 0 bridgehead atoms. The zero-order chi connectivity index (χ0) is 15.2. The third-order valence-corrected chi connectivity index (χ3v) is 4.45. The van der Waals surface area contributed by atoms with Crippen LogP contribution in [-0.4, -0.2) is 37.1 Å². The first-order valence-electron chi connectivity index (χ1n) is 7.80. The predicted molar refractivity (Wildman–Crippen MR) is 80.9 cm³/mol. The van der Waals surface area contributed by atoms with Crippen molar-refractivity contribution >= 4 is 5.97 Å². The molecule has 5 nitrogen and oxygen atoms in total. The maximum atomic E-state index is 11.4. The van der Waals surface area contributed by atoms with E-state index in [1.807, 2.05) is 6.07 Å². The van der Waals surface area contributed by atoms with Crippen LogP contribution in [0.3, 0.4) is 0 Å². The van der Waals surface area contributed by atoms with Crippen LogP contribution in [0.2, 0.25) is 0 Å². The second-order valence-corrected chi connectivity index (χ2v) is 5.67. The van der Waals surface area contributed by atoms with Crippen LogP contribution in [0.4, 0.5) is 0 Å². The number of hydrogen-bond donors (Lipinski definition) is 1. The van der Waals surface area contributed by atoms with E-state index in [1.165, 1.54) is 32.8 Å². The highest BCUT2D eigenvalue weighted by atomic mass is 16.5. The van der Waals surface area contributed by atoms with Gasteiger partial charge in [0.05, 0.1) is 13.7 Å². The van der Waals surface area contributed by atoms with Gasteiger partial charge in [-0.05, 0) is 44.0 Å². The third-order valence-electron chi connectivity index (χ3n) is 4.45. The lowest BCUT2D eigenvalue weighted by molar-refractivity contribution is 0.0556. The average Bonchev–Trinajstić information content (AvgIpc) is 3.00. The van der Waals surface area contributed by atoms with Crippen molar-refractivity contribution in [1.29, 1.82) is 0 Å². The van der Waals surface area contributed by atoms with Crippen molar-refractivity contribution in [3.8, 4) is 0 Å². The summed E-state index contributed by atoms with van der Waals surface area (Å²) < 4.78 is 10.2. The van der Waals surface area contributed by atoms with Gasteiger partial charge in [0.15, 0.2) is 0 Å². The molecule has 1 fully saturated rings. The molecule has 1 heterocycles. The molecule has 1 aromatic rings. The van der Waals surface area contributed by atoms with Crippen LogP contribution >= 0.6 is 0 Å². The maximum absolute atomic E-state index is 11.4. The summed E-state index contributed by atoms with van der Waals surface area (Å²) >= 11 is 0. The molecule has 0 aliphatic heterocycles. The molecule has 21 heavy (non-hydrogen) atoms. The number of furan rings is 1. The van der Waals surface area contributed by atoms with Gasteiger partial charge in [-0.1, -0.05) is 19.8 Å². The smallest absolute Gasteiger partial charge is 0.373 e. The van der Waals surface area contributed by atoms with Crippen molar-refractivity contribution in [3.63, 3.8) is 0 Å². The molecular formula is C16H26N2O3. The Kier molecular flexibility index (Phi) is 5.82. The van der Waals surface area contributed by atoms with E-state index in [-0.39, 0.29) is 5.76 Å². The van der Waals surface area contributed by atoms with Gasteiger partial charge < -0.3 is 14.9 Å². The molecule has 2 atom stereocenters. The van der Waals surface area contributed by atoms with Gasteiger partial charge in [-0.15, -0.1) is 0 Å². The number of esters is 1. The molecular weight excluding hydrogens is 268 g/mol. The van der Waals surface area contributed by atoms with Gasteiger partial charge in [-0.3, -0.25) is 4.90 Å². The third kappa shape index (κ3) is 3.86. The molecule has 0 amide bonds. The highest BCUT2D eigenvalue weighted by Crippen LogP contribution is 2.29. The van der Waals surface area contributed by atoms with Gasteiger partial charge in [0.1, 0.15) is 5.76 Å². The van der Waals surface area contributed by atoms with Crippen LogP contribution in [0.1, 0.15) is 48.9 Å². The molecule has 1 aliphatic rings. The molecule has 2 unspecified atom stereocenters. The lowest BCUT2D eigenvalue weighted by Gasteiger charge is -2.38. The predicted octanol–water partition coefficient (Wildman–Crippen LogP) is 2.41. The van der Waals surface area contributed by atoms with Crippen molar-refractivity contribution in [2.24, 2.45) is 11.7 Å². The summed E-state index contributed by atoms with van der Waals surface area (Å²) in [5, 5.41) is 0. The number of hydrogen-bond acceptors (Lipinski definition) is 5. The minimum atomic E-state index is -0.429. The normalized spacial score (nSPS) is 22.5. The Morgan fingerprint density at radius 3 is 2.86 bits per heavy atom. The topological polar surface area (TPSA) is 68.7 Å². The van der Waals surface area contributed by atoms with Gasteiger partial charge in [0.2, 0.25) is 5.76 Å². The fourth-order valence-electron chi connectivity index (χ4n) is 3.28. The van der Waals surface area contributed by atoms with Crippen molar-refractivity contribution in [1.82, 2.24) is 4.90 Å². The van der Waals surface area contributed by atoms with Crippen LogP contribution in [0.15, 0.2) is 16.5 Å².